The lowest BCUT2D eigenvalue weighted by Crippen LogP contribution is -2.48. The van der Waals surface area contributed by atoms with E-state index in [1.807, 2.05) is 30.3 Å². The molecule has 0 radical (unpaired) electrons. The molecule has 29 heavy (non-hydrogen) atoms. The molecule has 0 spiro atoms. The third-order valence-electron chi connectivity index (χ3n) is 6.72. The number of nitrogens with zero attached hydrogens (tertiary/aromatic N) is 3. The lowest BCUT2D eigenvalue weighted by Gasteiger charge is -2.35. The molecule has 3 saturated heterocycles. The number of sulfonamides is 1. The van der Waals surface area contributed by atoms with Gasteiger partial charge in [-0.05, 0) is 57.2 Å². The van der Waals surface area contributed by atoms with Crippen LogP contribution in [0.5, 0.6) is 0 Å². The van der Waals surface area contributed by atoms with Gasteiger partial charge in [0.2, 0.25) is 15.9 Å². The number of rotatable bonds is 6. The zero-order valence-electron chi connectivity index (χ0n) is 17.2. The monoisotopic (exact) mass is 419 g/mol. The van der Waals surface area contributed by atoms with Crippen LogP contribution < -0.4 is 0 Å². The lowest BCUT2D eigenvalue weighted by atomic mass is 9.96. The van der Waals surface area contributed by atoms with Crippen LogP contribution in [0.4, 0.5) is 0 Å². The fraction of sp³-hybridized carbons (Fsp3) is 0.682. The van der Waals surface area contributed by atoms with E-state index < -0.39 is 10.0 Å². The fourth-order valence-electron chi connectivity index (χ4n) is 5.07. The van der Waals surface area contributed by atoms with E-state index in [0.717, 1.165) is 44.6 Å². The number of carbonyl (C=O) groups excluding carboxylic acids is 1. The number of amides is 1. The van der Waals surface area contributed by atoms with Crippen molar-refractivity contribution >= 4 is 15.9 Å². The summed E-state index contributed by atoms with van der Waals surface area (Å²) in [6.07, 6.45) is 6.02. The van der Waals surface area contributed by atoms with Crippen LogP contribution in [0.15, 0.2) is 30.3 Å². The number of carbonyl (C=O) groups is 1. The lowest BCUT2D eigenvalue weighted by molar-refractivity contribution is -0.137. The highest BCUT2D eigenvalue weighted by Gasteiger charge is 2.37. The van der Waals surface area contributed by atoms with Crippen LogP contribution in [0, 0.1) is 5.92 Å². The van der Waals surface area contributed by atoms with Crippen LogP contribution in [-0.2, 0) is 20.6 Å². The molecule has 3 heterocycles. The maximum Gasteiger partial charge on any atom is 0.226 e. The molecular weight excluding hydrogens is 386 g/mol. The van der Waals surface area contributed by atoms with Crippen LogP contribution in [0.1, 0.15) is 44.1 Å². The zero-order valence-corrected chi connectivity index (χ0v) is 18.0. The Hall–Kier alpha value is -1.44. The molecule has 7 heteroatoms. The topological polar surface area (TPSA) is 60.9 Å². The summed E-state index contributed by atoms with van der Waals surface area (Å²) in [5, 5.41) is 0. The molecule has 0 bridgehead atoms. The van der Waals surface area contributed by atoms with Gasteiger partial charge in [-0.15, -0.1) is 0 Å². The van der Waals surface area contributed by atoms with E-state index in [9.17, 15) is 13.2 Å². The molecule has 160 valence electrons. The van der Waals surface area contributed by atoms with Gasteiger partial charge >= 0.3 is 0 Å². The van der Waals surface area contributed by atoms with Crippen molar-refractivity contribution in [3.8, 4) is 0 Å². The molecule has 3 aliphatic rings. The highest BCUT2D eigenvalue weighted by molar-refractivity contribution is 7.88. The minimum absolute atomic E-state index is 0.0302. The molecule has 0 aromatic heterocycles. The Morgan fingerprint density at radius 1 is 0.897 bits per heavy atom. The SMILES string of the molecule is O=C(C1CCN(S(=O)(=O)Cc2ccccc2)CC1)N1CCCC1CN1CCCC1. The summed E-state index contributed by atoms with van der Waals surface area (Å²) in [6, 6.07) is 9.67. The second-order valence-corrected chi connectivity index (χ2v) is 10.7. The standard InChI is InChI=1S/C22H33N3O3S/c26-22(25-14-6-9-21(25)17-23-12-4-5-13-23)20-10-15-24(16-11-20)29(27,28)18-19-7-2-1-3-8-19/h1-3,7-8,20-21H,4-6,9-18H2. The average Bonchev–Trinajstić information content (AvgIpc) is 3.40. The van der Waals surface area contributed by atoms with Crippen LogP contribution in [0.25, 0.3) is 0 Å². The third-order valence-corrected chi connectivity index (χ3v) is 8.57. The summed E-state index contributed by atoms with van der Waals surface area (Å²) in [5.41, 5.74) is 0.813. The quantitative estimate of drug-likeness (QED) is 0.710. The van der Waals surface area contributed by atoms with Crippen LogP contribution in [-0.4, -0.2) is 73.7 Å². The number of piperidine rings is 1. The molecule has 3 aliphatic heterocycles. The van der Waals surface area contributed by atoms with Gasteiger partial charge in [-0.1, -0.05) is 30.3 Å². The van der Waals surface area contributed by atoms with Gasteiger partial charge < -0.3 is 9.80 Å². The third kappa shape index (κ3) is 5.01. The first-order valence-corrected chi connectivity index (χ1v) is 12.7. The van der Waals surface area contributed by atoms with Crippen molar-refractivity contribution in [2.24, 2.45) is 5.92 Å². The second-order valence-electron chi connectivity index (χ2n) is 8.75. The fourth-order valence-corrected chi connectivity index (χ4v) is 6.63. The van der Waals surface area contributed by atoms with E-state index in [0.29, 0.717) is 32.0 Å². The predicted molar refractivity (Wildman–Crippen MR) is 114 cm³/mol. The molecule has 1 amide bonds. The Morgan fingerprint density at radius 2 is 1.59 bits per heavy atom. The molecule has 3 fully saturated rings. The molecule has 1 unspecified atom stereocenters. The molecular formula is C22H33N3O3S. The van der Waals surface area contributed by atoms with Crippen molar-refractivity contribution in [1.82, 2.24) is 14.1 Å². The number of benzene rings is 1. The first kappa shape index (κ1) is 20.8. The Bertz CT molecular complexity index is 785. The summed E-state index contributed by atoms with van der Waals surface area (Å²) in [6.45, 7) is 5.11. The van der Waals surface area contributed by atoms with Gasteiger partial charge in [-0.3, -0.25) is 4.79 Å². The van der Waals surface area contributed by atoms with E-state index in [-0.39, 0.29) is 17.6 Å². The number of hydrogen-bond donors (Lipinski definition) is 0. The first-order valence-electron chi connectivity index (χ1n) is 11.1. The van der Waals surface area contributed by atoms with E-state index >= 15 is 0 Å². The van der Waals surface area contributed by atoms with Gasteiger partial charge in [0.05, 0.1) is 5.75 Å². The van der Waals surface area contributed by atoms with E-state index in [2.05, 4.69) is 9.80 Å². The van der Waals surface area contributed by atoms with Crippen LogP contribution in [0.3, 0.4) is 0 Å². The van der Waals surface area contributed by atoms with Gasteiger partial charge in [0.15, 0.2) is 0 Å². The molecule has 0 saturated carbocycles. The summed E-state index contributed by atoms with van der Waals surface area (Å²) >= 11 is 0. The van der Waals surface area contributed by atoms with E-state index in [1.165, 1.54) is 12.8 Å². The number of hydrogen-bond acceptors (Lipinski definition) is 4. The molecule has 1 aromatic carbocycles. The molecule has 6 nitrogen and oxygen atoms in total. The minimum atomic E-state index is -3.33. The van der Waals surface area contributed by atoms with Crippen molar-refractivity contribution in [3.63, 3.8) is 0 Å². The minimum Gasteiger partial charge on any atom is -0.338 e. The number of likely N-dealkylation sites (tertiary alicyclic amines) is 2. The van der Waals surface area contributed by atoms with E-state index in [1.54, 1.807) is 4.31 Å². The van der Waals surface area contributed by atoms with Crippen molar-refractivity contribution in [3.05, 3.63) is 35.9 Å². The molecule has 1 atom stereocenters. The Morgan fingerprint density at radius 3 is 2.28 bits per heavy atom. The average molecular weight is 420 g/mol. The maximum absolute atomic E-state index is 13.2. The van der Waals surface area contributed by atoms with Gasteiger partial charge in [0.25, 0.3) is 0 Å². The van der Waals surface area contributed by atoms with Crippen LogP contribution in [0.2, 0.25) is 0 Å². The Balaban J connectivity index is 1.31. The maximum atomic E-state index is 13.2. The molecule has 0 aliphatic carbocycles. The largest absolute Gasteiger partial charge is 0.338 e. The van der Waals surface area contributed by atoms with Crippen LogP contribution >= 0.6 is 0 Å². The Labute approximate surface area is 174 Å². The van der Waals surface area contributed by atoms with Crippen molar-refractivity contribution in [1.29, 1.82) is 0 Å². The highest BCUT2D eigenvalue weighted by Crippen LogP contribution is 2.28. The molecule has 4 rings (SSSR count). The highest BCUT2D eigenvalue weighted by atomic mass is 32.2. The summed E-state index contributed by atoms with van der Waals surface area (Å²) in [7, 11) is -3.33. The zero-order chi connectivity index (χ0) is 20.3. The predicted octanol–water partition coefficient (Wildman–Crippen LogP) is 2.32. The molecule has 1 aromatic rings. The van der Waals surface area contributed by atoms with Gasteiger partial charge in [-0.25, -0.2) is 12.7 Å². The van der Waals surface area contributed by atoms with Crippen molar-refractivity contribution in [2.75, 3.05) is 39.3 Å². The first-order chi connectivity index (χ1) is 14.0. The second kappa shape index (κ2) is 9.14. The Kier molecular flexibility index (Phi) is 6.56. The van der Waals surface area contributed by atoms with Gasteiger partial charge in [-0.2, -0.15) is 0 Å². The van der Waals surface area contributed by atoms with Gasteiger partial charge in [0.1, 0.15) is 0 Å². The van der Waals surface area contributed by atoms with E-state index in [4.69, 9.17) is 0 Å². The normalized spacial score (nSPS) is 25.0. The van der Waals surface area contributed by atoms with Crippen molar-refractivity contribution in [2.45, 2.75) is 50.3 Å². The summed E-state index contributed by atoms with van der Waals surface area (Å²) in [5.74, 6) is 0.264. The van der Waals surface area contributed by atoms with Gasteiger partial charge in [0, 0.05) is 38.1 Å². The summed E-state index contributed by atoms with van der Waals surface area (Å²) in [4.78, 5) is 17.8. The molecule has 0 N–H and O–H groups in total. The summed E-state index contributed by atoms with van der Waals surface area (Å²) < 4.78 is 27.1. The smallest absolute Gasteiger partial charge is 0.226 e. The van der Waals surface area contributed by atoms with Crippen molar-refractivity contribution < 1.29 is 13.2 Å².